The minimum atomic E-state index is -0.0566. The topological polar surface area (TPSA) is 27.7 Å². The first kappa shape index (κ1) is 25.8. The molecule has 2 aromatic rings. The van der Waals surface area contributed by atoms with Crippen molar-refractivity contribution >= 4 is 23.2 Å². The van der Waals surface area contributed by atoms with Crippen LogP contribution >= 0.6 is 23.2 Å². The minimum absolute atomic E-state index is 0.0566. The molecule has 31 heavy (non-hydrogen) atoms. The molecule has 0 aliphatic carbocycles. The van der Waals surface area contributed by atoms with Gasteiger partial charge in [-0.25, -0.2) is 0 Å². The fourth-order valence-corrected chi connectivity index (χ4v) is 3.65. The second-order valence-electron chi connectivity index (χ2n) is 8.44. The Morgan fingerprint density at radius 2 is 1.00 bits per heavy atom. The van der Waals surface area contributed by atoms with E-state index in [4.69, 9.17) is 37.4 Å². The summed E-state index contributed by atoms with van der Waals surface area (Å²) < 4.78 is 17.5. The molecular formula is C26H36Cl2O3. The molecule has 0 saturated carbocycles. The highest BCUT2D eigenvalue weighted by atomic mass is 35.5. The zero-order valence-electron chi connectivity index (χ0n) is 19.3. The van der Waals surface area contributed by atoms with E-state index < -0.39 is 0 Å². The smallest absolute Gasteiger partial charge is 0.119 e. The van der Waals surface area contributed by atoms with E-state index in [0.717, 1.165) is 24.3 Å². The summed E-state index contributed by atoms with van der Waals surface area (Å²) in [6.45, 7) is 11.3. The molecule has 0 saturated heterocycles. The summed E-state index contributed by atoms with van der Waals surface area (Å²) in [5.74, 6) is 2.67. The van der Waals surface area contributed by atoms with E-state index in [9.17, 15) is 0 Å². The number of rotatable bonds is 14. The predicted octanol–water partition coefficient (Wildman–Crippen LogP) is 6.97. The lowest BCUT2D eigenvalue weighted by Crippen LogP contribution is -2.33. The quantitative estimate of drug-likeness (QED) is 0.281. The maximum Gasteiger partial charge on any atom is 0.119 e. The van der Waals surface area contributed by atoms with E-state index in [1.54, 1.807) is 0 Å². The first-order chi connectivity index (χ1) is 14.9. The Hall–Kier alpha value is -1.42. The summed E-state index contributed by atoms with van der Waals surface area (Å²) in [7, 11) is 0. The lowest BCUT2D eigenvalue weighted by Gasteiger charge is -2.33. The van der Waals surface area contributed by atoms with Gasteiger partial charge in [0.1, 0.15) is 24.7 Å². The maximum atomic E-state index is 6.35. The SMILES string of the molecule is CCC(C)(COCC(C)(CC)c1ccc(OCCCl)cc1)c1ccc(OCCCl)cc1. The van der Waals surface area contributed by atoms with Gasteiger partial charge in [0.2, 0.25) is 0 Å². The van der Waals surface area contributed by atoms with E-state index in [1.807, 2.05) is 24.3 Å². The minimum Gasteiger partial charge on any atom is -0.492 e. The van der Waals surface area contributed by atoms with Crippen LogP contribution in [0.15, 0.2) is 48.5 Å². The summed E-state index contributed by atoms with van der Waals surface area (Å²) in [6.07, 6.45) is 1.98. The molecule has 0 heterocycles. The average molecular weight is 467 g/mol. The lowest BCUT2D eigenvalue weighted by molar-refractivity contribution is 0.0510. The van der Waals surface area contributed by atoms with Gasteiger partial charge in [0.05, 0.1) is 25.0 Å². The van der Waals surface area contributed by atoms with Gasteiger partial charge in [-0.1, -0.05) is 52.0 Å². The molecule has 0 spiro atoms. The molecule has 2 atom stereocenters. The van der Waals surface area contributed by atoms with Crippen LogP contribution in [0.3, 0.4) is 0 Å². The van der Waals surface area contributed by atoms with Crippen molar-refractivity contribution in [3.05, 3.63) is 59.7 Å². The molecule has 0 radical (unpaired) electrons. The molecule has 0 amide bonds. The van der Waals surface area contributed by atoms with Crippen molar-refractivity contribution in [2.75, 3.05) is 38.2 Å². The third-order valence-corrected chi connectivity index (χ3v) is 6.50. The highest BCUT2D eigenvalue weighted by molar-refractivity contribution is 6.18. The molecule has 0 N–H and O–H groups in total. The van der Waals surface area contributed by atoms with Gasteiger partial charge >= 0.3 is 0 Å². The summed E-state index contributed by atoms with van der Waals surface area (Å²) in [6, 6.07) is 16.6. The van der Waals surface area contributed by atoms with Crippen LogP contribution in [-0.4, -0.2) is 38.2 Å². The average Bonchev–Trinajstić information content (AvgIpc) is 2.81. The number of alkyl halides is 2. The molecule has 0 aromatic heterocycles. The molecular weight excluding hydrogens is 431 g/mol. The third-order valence-electron chi connectivity index (χ3n) is 6.20. The fraction of sp³-hybridized carbons (Fsp3) is 0.538. The molecule has 0 aliphatic rings. The van der Waals surface area contributed by atoms with Crippen LogP contribution in [0.1, 0.15) is 51.7 Å². The largest absolute Gasteiger partial charge is 0.492 e. The summed E-state index contributed by atoms with van der Waals surface area (Å²) in [5, 5.41) is 0. The van der Waals surface area contributed by atoms with Gasteiger partial charge in [0.25, 0.3) is 0 Å². The van der Waals surface area contributed by atoms with E-state index >= 15 is 0 Å². The first-order valence-electron chi connectivity index (χ1n) is 11.1. The fourth-order valence-electron chi connectivity index (χ4n) is 3.50. The molecule has 0 fully saturated rings. The van der Waals surface area contributed by atoms with Crippen LogP contribution in [0.5, 0.6) is 11.5 Å². The van der Waals surface area contributed by atoms with Gasteiger partial charge in [0, 0.05) is 10.8 Å². The zero-order valence-corrected chi connectivity index (χ0v) is 20.8. The van der Waals surface area contributed by atoms with Crippen molar-refractivity contribution in [3.63, 3.8) is 0 Å². The van der Waals surface area contributed by atoms with Crippen LogP contribution in [0.2, 0.25) is 0 Å². The highest BCUT2D eigenvalue weighted by Crippen LogP contribution is 2.33. The molecule has 2 rings (SSSR count). The van der Waals surface area contributed by atoms with Crippen molar-refractivity contribution in [1.29, 1.82) is 0 Å². The standard InChI is InChI=1S/C26H36Cl2O3/c1-5-25(3,21-7-11-23(12-8-21)30-17-15-27)19-29-20-26(4,6-2)22-9-13-24(14-10-22)31-18-16-28/h7-14H,5-6,15-20H2,1-4H3. The normalized spacial score (nSPS) is 15.2. The van der Waals surface area contributed by atoms with Gasteiger partial charge in [-0.2, -0.15) is 0 Å². The summed E-state index contributed by atoms with van der Waals surface area (Å²) >= 11 is 11.4. The second kappa shape index (κ2) is 12.6. The Bertz CT molecular complexity index is 698. The summed E-state index contributed by atoms with van der Waals surface area (Å²) in [5.41, 5.74) is 2.40. The Balaban J connectivity index is 2.01. The zero-order chi connectivity index (χ0) is 22.7. The van der Waals surface area contributed by atoms with Gasteiger partial charge in [-0.05, 0) is 48.2 Å². The van der Waals surface area contributed by atoms with Gasteiger partial charge in [0.15, 0.2) is 0 Å². The molecule has 5 heteroatoms. The Kier molecular flexibility index (Phi) is 10.5. The van der Waals surface area contributed by atoms with E-state index in [2.05, 4.69) is 52.0 Å². The van der Waals surface area contributed by atoms with Crippen LogP contribution in [0.25, 0.3) is 0 Å². The van der Waals surface area contributed by atoms with Crippen molar-refractivity contribution in [2.45, 2.75) is 51.4 Å². The molecule has 172 valence electrons. The van der Waals surface area contributed by atoms with Crippen molar-refractivity contribution < 1.29 is 14.2 Å². The Labute approximate surface area is 198 Å². The van der Waals surface area contributed by atoms with Crippen LogP contribution in [0.4, 0.5) is 0 Å². The molecule has 2 aromatic carbocycles. The van der Waals surface area contributed by atoms with E-state index in [1.165, 1.54) is 11.1 Å². The Morgan fingerprint density at radius 3 is 1.29 bits per heavy atom. The molecule has 0 aliphatic heterocycles. The van der Waals surface area contributed by atoms with Crippen LogP contribution in [-0.2, 0) is 15.6 Å². The molecule has 3 nitrogen and oxygen atoms in total. The second-order valence-corrected chi connectivity index (χ2v) is 9.20. The van der Waals surface area contributed by atoms with Gasteiger partial charge < -0.3 is 14.2 Å². The molecule has 0 bridgehead atoms. The first-order valence-corrected chi connectivity index (χ1v) is 12.1. The Morgan fingerprint density at radius 1 is 0.645 bits per heavy atom. The van der Waals surface area contributed by atoms with Crippen molar-refractivity contribution in [1.82, 2.24) is 0 Å². The van der Waals surface area contributed by atoms with Gasteiger partial charge in [-0.15, -0.1) is 23.2 Å². The predicted molar refractivity (Wildman–Crippen MR) is 131 cm³/mol. The monoisotopic (exact) mass is 466 g/mol. The van der Waals surface area contributed by atoms with Crippen molar-refractivity contribution in [3.8, 4) is 11.5 Å². The van der Waals surface area contributed by atoms with Crippen LogP contribution < -0.4 is 9.47 Å². The number of halogens is 2. The molecule has 2 unspecified atom stereocenters. The third kappa shape index (κ3) is 7.30. The van der Waals surface area contributed by atoms with Gasteiger partial charge in [-0.3, -0.25) is 0 Å². The summed E-state index contributed by atoms with van der Waals surface area (Å²) in [4.78, 5) is 0. The van der Waals surface area contributed by atoms with Crippen molar-refractivity contribution in [2.24, 2.45) is 0 Å². The number of benzene rings is 2. The van der Waals surface area contributed by atoms with E-state index in [-0.39, 0.29) is 10.8 Å². The maximum absolute atomic E-state index is 6.35. The lowest BCUT2D eigenvalue weighted by atomic mass is 9.79. The van der Waals surface area contributed by atoms with E-state index in [0.29, 0.717) is 38.2 Å². The number of ether oxygens (including phenoxy) is 3. The highest BCUT2D eigenvalue weighted by Gasteiger charge is 2.29. The number of hydrogen-bond donors (Lipinski definition) is 0. The van der Waals surface area contributed by atoms with Crippen LogP contribution in [0, 0.1) is 0 Å². The number of hydrogen-bond acceptors (Lipinski definition) is 3.